The fourth-order valence-electron chi connectivity index (χ4n) is 3.19. The van der Waals surface area contributed by atoms with Crippen molar-refractivity contribution in [3.05, 3.63) is 11.3 Å². The van der Waals surface area contributed by atoms with Gasteiger partial charge in [-0.1, -0.05) is 50.2 Å². The molecule has 0 atom stereocenters. The molecule has 0 saturated carbocycles. The summed E-state index contributed by atoms with van der Waals surface area (Å²) in [6.07, 6.45) is 2.90. The maximum absolute atomic E-state index is 11.9. The fourth-order valence-corrected chi connectivity index (χ4v) is 7.24. The molecule has 0 saturated heterocycles. The molecular formula is C18H32O6Si. The number of methoxy groups -OCH3 is 2. The van der Waals surface area contributed by atoms with Gasteiger partial charge in [0.1, 0.15) is 6.61 Å². The molecule has 0 aromatic heterocycles. The SMILES string of the molecule is CC[Si](CC)(CC)/C(=C/COC(C)=O)CCC(C(=O)OC)C(=O)OC. The molecule has 25 heavy (non-hydrogen) atoms. The predicted octanol–water partition coefficient (Wildman–Crippen LogP) is 3.27. The van der Waals surface area contributed by atoms with Crippen molar-refractivity contribution in [2.75, 3.05) is 20.8 Å². The summed E-state index contributed by atoms with van der Waals surface area (Å²) in [6.45, 7) is 8.13. The number of rotatable bonds is 11. The van der Waals surface area contributed by atoms with Gasteiger partial charge in [0.05, 0.1) is 22.3 Å². The van der Waals surface area contributed by atoms with Gasteiger partial charge in [-0.2, -0.15) is 0 Å². The highest BCUT2D eigenvalue weighted by Crippen LogP contribution is 2.32. The minimum absolute atomic E-state index is 0.223. The van der Waals surface area contributed by atoms with Gasteiger partial charge in [-0.25, -0.2) is 0 Å². The van der Waals surface area contributed by atoms with E-state index in [1.807, 2.05) is 6.08 Å². The Labute approximate surface area is 151 Å². The maximum Gasteiger partial charge on any atom is 0.320 e. The molecule has 0 aromatic carbocycles. The van der Waals surface area contributed by atoms with Crippen molar-refractivity contribution in [2.45, 2.75) is 58.7 Å². The van der Waals surface area contributed by atoms with Crippen molar-refractivity contribution in [2.24, 2.45) is 5.92 Å². The Kier molecular flexibility index (Phi) is 11.1. The van der Waals surface area contributed by atoms with E-state index >= 15 is 0 Å². The molecule has 0 rings (SSSR count). The van der Waals surface area contributed by atoms with E-state index in [4.69, 9.17) is 14.2 Å². The molecule has 0 amide bonds. The molecule has 0 spiro atoms. The number of esters is 3. The van der Waals surface area contributed by atoms with Crippen molar-refractivity contribution in [3.63, 3.8) is 0 Å². The lowest BCUT2D eigenvalue weighted by Crippen LogP contribution is -2.36. The highest BCUT2D eigenvalue weighted by molar-refractivity contribution is 6.86. The summed E-state index contributed by atoms with van der Waals surface area (Å²) in [4.78, 5) is 34.8. The van der Waals surface area contributed by atoms with Crippen LogP contribution in [0.15, 0.2) is 11.3 Å². The van der Waals surface area contributed by atoms with Crippen molar-refractivity contribution in [1.82, 2.24) is 0 Å². The van der Waals surface area contributed by atoms with Crippen LogP contribution in [0.1, 0.15) is 40.5 Å². The van der Waals surface area contributed by atoms with Crippen LogP contribution in [-0.4, -0.2) is 46.8 Å². The Morgan fingerprint density at radius 3 is 1.80 bits per heavy atom. The van der Waals surface area contributed by atoms with Crippen LogP contribution in [0.2, 0.25) is 18.1 Å². The topological polar surface area (TPSA) is 78.9 Å². The van der Waals surface area contributed by atoms with Gasteiger partial charge in [0.2, 0.25) is 0 Å². The Morgan fingerprint density at radius 1 is 0.960 bits per heavy atom. The smallest absolute Gasteiger partial charge is 0.320 e. The summed E-state index contributed by atoms with van der Waals surface area (Å²) in [5.74, 6) is -2.41. The van der Waals surface area contributed by atoms with Crippen LogP contribution in [0.3, 0.4) is 0 Å². The number of allylic oxidation sites excluding steroid dienone is 1. The van der Waals surface area contributed by atoms with Crippen molar-refractivity contribution < 1.29 is 28.6 Å². The highest BCUT2D eigenvalue weighted by Gasteiger charge is 2.34. The summed E-state index contributed by atoms with van der Waals surface area (Å²) in [5, 5.41) is 1.24. The van der Waals surface area contributed by atoms with Gasteiger partial charge in [0.15, 0.2) is 5.92 Å². The molecule has 0 aliphatic heterocycles. The largest absolute Gasteiger partial charge is 0.468 e. The summed E-state index contributed by atoms with van der Waals surface area (Å²) in [5.41, 5.74) is 0. The average molecular weight is 373 g/mol. The second-order valence-corrected chi connectivity index (χ2v) is 11.3. The van der Waals surface area contributed by atoms with Crippen molar-refractivity contribution in [1.29, 1.82) is 0 Å². The minimum Gasteiger partial charge on any atom is -0.468 e. The zero-order valence-electron chi connectivity index (χ0n) is 16.3. The Hall–Kier alpha value is -1.63. The Morgan fingerprint density at radius 2 is 1.44 bits per heavy atom. The summed E-state index contributed by atoms with van der Waals surface area (Å²) >= 11 is 0. The van der Waals surface area contributed by atoms with Crippen LogP contribution in [-0.2, 0) is 28.6 Å². The lowest BCUT2D eigenvalue weighted by atomic mass is 10.0. The lowest BCUT2D eigenvalue weighted by Gasteiger charge is -2.32. The molecule has 0 aliphatic rings. The molecule has 0 unspecified atom stereocenters. The third-order valence-corrected chi connectivity index (χ3v) is 10.9. The van der Waals surface area contributed by atoms with E-state index in [1.165, 1.54) is 26.3 Å². The molecular weight excluding hydrogens is 340 g/mol. The minimum atomic E-state index is -1.71. The number of hydrogen-bond donors (Lipinski definition) is 0. The molecule has 0 aliphatic carbocycles. The van der Waals surface area contributed by atoms with Gasteiger partial charge in [0, 0.05) is 6.92 Å². The summed E-state index contributed by atoms with van der Waals surface area (Å²) < 4.78 is 14.5. The number of carbonyl (C=O) groups excluding carboxylic acids is 3. The van der Waals surface area contributed by atoms with Crippen LogP contribution in [0.5, 0.6) is 0 Å². The van der Waals surface area contributed by atoms with Gasteiger partial charge in [-0.05, 0) is 12.8 Å². The van der Waals surface area contributed by atoms with Crippen LogP contribution in [0.4, 0.5) is 0 Å². The van der Waals surface area contributed by atoms with Crippen molar-refractivity contribution >= 4 is 26.0 Å². The second kappa shape index (κ2) is 11.8. The van der Waals surface area contributed by atoms with E-state index < -0.39 is 25.9 Å². The van der Waals surface area contributed by atoms with E-state index in [0.29, 0.717) is 12.8 Å². The number of carbonyl (C=O) groups is 3. The third-order valence-electron chi connectivity index (χ3n) is 5.00. The first-order valence-electron chi connectivity index (χ1n) is 8.80. The second-order valence-electron chi connectivity index (χ2n) is 6.01. The standard InChI is InChI=1S/C18H32O6Si/c1-7-25(8-2,9-3)15(12-13-24-14(4)19)10-11-16(17(20)22-5)18(21)23-6/h12,16H,7-11,13H2,1-6H3/b15-12+. The summed E-state index contributed by atoms with van der Waals surface area (Å²) in [6, 6.07) is 3.19. The molecule has 0 bridgehead atoms. The van der Waals surface area contributed by atoms with Crippen LogP contribution in [0.25, 0.3) is 0 Å². The first-order chi connectivity index (χ1) is 11.8. The van der Waals surface area contributed by atoms with E-state index in [2.05, 4.69) is 20.8 Å². The third kappa shape index (κ3) is 7.02. The summed E-state index contributed by atoms with van der Waals surface area (Å²) in [7, 11) is 0.816. The van der Waals surface area contributed by atoms with E-state index in [-0.39, 0.29) is 12.6 Å². The van der Waals surface area contributed by atoms with Crippen LogP contribution in [0, 0.1) is 5.92 Å². The fraction of sp³-hybridized carbons (Fsp3) is 0.722. The predicted molar refractivity (Wildman–Crippen MR) is 98.7 cm³/mol. The molecule has 0 aromatic rings. The first kappa shape index (κ1) is 23.4. The quantitative estimate of drug-likeness (QED) is 0.240. The van der Waals surface area contributed by atoms with Crippen LogP contribution >= 0.6 is 0 Å². The van der Waals surface area contributed by atoms with E-state index in [1.54, 1.807) is 0 Å². The Balaban J connectivity index is 5.43. The van der Waals surface area contributed by atoms with Crippen LogP contribution < -0.4 is 0 Å². The molecule has 0 N–H and O–H groups in total. The average Bonchev–Trinajstić information content (AvgIpc) is 2.62. The number of ether oxygens (including phenoxy) is 3. The maximum atomic E-state index is 11.9. The van der Waals surface area contributed by atoms with E-state index in [0.717, 1.165) is 18.1 Å². The van der Waals surface area contributed by atoms with Crippen molar-refractivity contribution in [3.8, 4) is 0 Å². The normalized spacial score (nSPS) is 12.0. The molecule has 0 heterocycles. The number of hydrogen-bond acceptors (Lipinski definition) is 6. The lowest BCUT2D eigenvalue weighted by molar-refractivity contribution is -0.159. The van der Waals surface area contributed by atoms with Gasteiger partial charge < -0.3 is 14.2 Å². The highest BCUT2D eigenvalue weighted by atomic mass is 28.3. The van der Waals surface area contributed by atoms with Gasteiger partial charge in [-0.3, -0.25) is 14.4 Å². The van der Waals surface area contributed by atoms with Gasteiger partial charge in [-0.15, -0.1) is 0 Å². The zero-order chi connectivity index (χ0) is 19.5. The monoisotopic (exact) mass is 372 g/mol. The Bertz CT molecular complexity index is 458. The zero-order valence-corrected chi connectivity index (χ0v) is 17.3. The molecule has 0 fully saturated rings. The molecule has 144 valence electrons. The molecule has 0 radical (unpaired) electrons. The first-order valence-corrected chi connectivity index (χ1v) is 11.4. The molecule has 6 nitrogen and oxygen atoms in total. The van der Waals surface area contributed by atoms with Gasteiger partial charge >= 0.3 is 17.9 Å². The molecule has 7 heteroatoms. The van der Waals surface area contributed by atoms with E-state index in [9.17, 15) is 14.4 Å². The van der Waals surface area contributed by atoms with Gasteiger partial charge in [0.25, 0.3) is 0 Å².